The van der Waals surface area contributed by atoms with Crippen LogP contribution < -0.4 is 10.6 Å². The second-order valence-corrected chi connectivity index (χ2v) is 14.8. The Labute approximate surface area is 167 Å². The fourth-order valence-electron chi connectivity index (χ4n) is 3.22. The number of hydrogen-bond acceptors (Lipinski definition) is 4. The van der Waals surface area contributed by atoms with E-state index >= 15 is 0 Å². The molecule has 2 heterocycles. The molecular weight excluding hydrogens is 376 g/mol. The number of nitrogens with one attached hydrogen (secondary N) is 2. The lowest BCUT2D eigenvalue weighted by atomic mass is 9.94. The number of amides is 2. The lowest BCUT2D eigenvalue weighted by Gasteiger charge is -2.36. The van der Waals surface area contributed by atoms with Crippen LogP contribution in [0.2, 0.25) is 18.1 Å². The summed E-state index contributed by atoms with van der Waals surface area (Å²) < 4.78 is 6.26. The molecule has 2 N–H and O–H groups in total. The van der Waals surface area contributed by atoms with Gasteiger partial charge in [-0.3, -0.25) is 9.59 Å². The lowest BCUT2D eigenvalue weighted by molar-refractivity contribution is -0.120. The largest absolute Gasteiger partial charge is 0.417 e. The second-order valence-electron chi connectivity index (χ2n) is 8.98. The molecule has 0 aliphatic carbocycles. The number of carbonyl (C=O) groups is 2. The topological polar surface area (TPSA) is 67.4 Å². The molecule has 2 unspecified atom stereocenters. The molecule has 3 rings (SSSR count). The number of anilines is 1. The van der Waals surface area contributed by atoms with Gasteiger partial charge in [-0.2, -0.15) is 0 Å². The SMILES string of the molecule is CC(C)(C)[Si](C)(C)OCCC1CC(c2ccc3c(c2)NC(=O)CS3)C(=O)N1. The van der Waals surface area contributed by atoms with Crippen molar-refractivity contribution in [2.75, 3.05) is 17.7 Å². The van der Waals surface area contributed by atoms with E-state index in [0.717, 1.165) is 29.0 Å². The molecule has 2 atom stereocenters. The summed E-state index contributed by atoms with van der Waals surface area (Å²) in [6.07, 6.45) is 1.62. The Hall–Kier alpha value is -1.31. The molecule has 2 amide bonds. The molecule has 0 spiro atoms. The van der Waals surface area contributed by atoms with Gasteiger partial charge in [0.2, 0.25) is 11.8 Å². The third kappa shape index (κ3) is 4.58. The number of thioether (sulfide) groups is 1. The molecule has 7 heteroatoms. The highest BCUT2D eigenvalue weighted by atomic mass is 32.2. The molecule has 148 valence electrons. The van der Waals surface area contributed by atoms with Gasteiger partial charge in [0, 0.05) is 17.5 Å². The van der Waals surface area contributed by atoms with Crippen molar-refractivity contribution in [1.82, 2.24) is 5.32 Å². The first-order chi connectivity index (χ1) is 12.6. The van der Waals surface area contributed by atoms with E-state index in [0.29, 0.717) is 12.4 Å². The van der Waals surface area contributed by atoms with Crippen LogP contribution in [-0.4, -0.2) is 38.5 Å². The summed E-state index contributed by atoms with van der Waals surface area (Å²) in [6, 6.07) is 6.13. The van der Waals surface area contributed by atoms with Gasteiger partial charge in [0.05, 0.1) is 17.4 Å². The van der Waals surface area contributed by atoms with Gasteiger partial charge in [0.1, 0.15) is 0 Å². The average Bonchev–Trinajstić information content (AvgIpc) is 2.93. The van der Waals surface area contributed by atoms with Crippen molar-refractivity contribution in [3.63, 3.8) is 0 Å². The van der Waals surface area contributed by atoms with Crippen LogP contribution in [0.15, 0.2) is 23.1 Å². The Kier molecular flexibility index (Phi) is 5.75. The van der Waals surface area contributed by atoms with Crippen LogP contribution in [0.1, 0.15) is 45.1 Å². The quantitative estimate of drug-likeness (QED) is 0.722. The van der Waals surface area contributed by atoms with Crippen LogP contribution >= 0.6 is 11.8 Å². The molecule has 0 bridgehead atoms. The fraction of sp³-hybridized carbons (Fsp3) is 0.600. The van der Waals surface area contributed by atoms with Crippen LogP contribution in [0.5, 0.6) is 0 Å². The number of benzene rings is 1. The van der Waals surface area contributed by atoms with E-state index in [1.54, 1.807) is 0 Å². The van der Waals surface area contributed by atoms with Gasteiger partial charge in [-0.25, -0.2) is 0 Å². The smallest absolute Gasteiger partial charge is 0.234 e. The molecule has 0 radical (unpaired) electrons. The summed E-state index contributed by atoms with van der Waals surface area (Å²) in [5.74, 6) is 0.382. The van der Waals surface area contributed by atoms with E-state index in [4.69, 9.17) is 4.43 Å². The Bertz CT molecular complexity index is 745. The summed E-state index contributed by atoms with van der Waals surface area (Å²) in [4.78, 5) is 25.2. The van der Waals surface area contributed by atoms with Gasteiger partial charge < -0.3 is 15.1 Å². The Morgan fingerprint density at radius 1 is 1.26 bits per heavy atom. The van der Waals surface area contributed by atoms with Gasteiger partial charge in [-0.15, -0.1) is 11.8 Å². The highest BCUT2D eigenvalue weighted by Crippen LogP contribution is 2.38. The highest BCUT2D eigenvalue weighted by Gasteiger charge is 2.38. The lowest BCUT2D eigenvalue weighted by Crippen LogP contribution is -2.41. The van der Waals surface area contributed by atoms with Gasteiger partial charge in [-0.1, -0.05) is 26.8 Å². The third-order valence-corrected chi connectivity index (χ3v) is 11.6. The van der Waals surface area contributed by atoms with Crippen molar-refractivity contribution in [3.8, 4) is 0 Å². The van der Waals surface area contributed by atoms with E-state index in [2.05, 4.69) is 44.5 Å². The van der Waals surface area contributed by atoms with Crippen molar-refractivity contribution in [2.45, 2.75) is 68.6 Å². The normalized spacial score (nSPS) is 23.0. The van der Waals surface area contributed by atoms with Crippen LogP contribution in [0.25, 0.3) is 0 Å². The Morgan fingerprint density at radius 2 is 2.00 bits per heavy atom. The van der Waals surface area contributed by atoms with Crippen molar-refractivity contribution >= 4 is 37.6 Å². The number of fused-ring (bicyclic) bond motifs is 1. The Morgan fingerprint density at radius 3 is 2.70 bits per heavy atom. The van der Waals surface area contributed by atoms with E-state index in [-0.39, 0.29) is 28.8 Å². The summed E-state index contributed by atoms with van der Waals surface area (Å²) in [6.45, 7) is 11.9. The molecule has 1 aromatic carbocycles. The zero-order chi connectivity index (χ0) is 19.8. The first kappa shape index (κ1) is 20.4. The van der Waals surface area contributed by atoms with Crippen molar-refractivity contribution in [3.05, 3.63) is 23.8 Å². The molecular formula is C20H30N2O3SSi. The minimum absolute atomic E-state index is 0.0150. The summed E-state index contributed by atoms with van der Waals surface area (Å²) >= 11 is 1.54. The minimum Gasteiger partial charge on any atom is -0.417 e. The van der Waals surface area contributed by atoms with E-state index < -0.39 is 8.32 Å². The van der Waals surface area contributed by atoms with E-state index in [1.165, 1.54) is 11.8 Å². The molecule has 2 aliphatic heterocycles. The molecule has 0 aromatic heterocycles. The fourth-order valence-corrected chi connectivity index (χ4v) is 5.07. The molecule has 5 nitrogen and oxygen atoms in total. The van der Waals surface area contributed by atoms with Crippen molar-refractivity contribution in [1.29, 1.82) is 0 Å². The van der Waals surface area contributed by atoms with E-state index in [9.17, 15) is 9.59 Å². The molecule has 1 aromatic rings. The predicted molar refractivity (Wildman–Crippen MR) is 113 cm³/mol. The molecule has 0 saturated carbocycles. The monoisotopic (exact) mass is 406 g/mol. The predicted octanol–water partition coefficient (Wildman–Crippen LogP) is 4.11. The zero-order valence-electron chi connectivity index (χ0n) is 16.8. The number of rotatable bonds is 5. The standard InChI is InChI=1S/C20H30N2O3SSi/c1-20(2,3)27(4,5)25-9-8-14-11-15(19(24)21-14)13-6-7-17-16(10-13)22-18(23)12-26-17/h6-7,10,14-15H,8-9,11-12H2,1-5H3,(H,21,24)(H,22,23). The number of carbonyl (C=O) groups excluding carboxylic acids is 2. The van der Waals surface area contributed by atoms with Crippen molar-refractivity contribution < 1.29 is 14.0 Å². The molecule has 2 aliphatic rings. The maximum Gasteiger partial charge on any atom is 0.234 e. The maximum atomic E-state index is 12.5. The third-order valence-electron chi connectivity index (χ3n) is 5.96. The molecule has 27 heavy (non-hydrogen) atoms. The van der Waals surface area contributed by atoms with Gasteiger partial charge in [-0.05, 0) is 48.7 Å². The maximum absolute atomic E-state index is 12.5. The summed E-state index contributed by atoms with van der Waals surface area (Å²) in [5, 5.41) is 6.22. The van der Waals surface area contributed by atoms with Crippen LogP contribution in [0, 0.1) is 0 Å². The average molecular weight is 407 g/mol. The number of hydrogen-bond donors (Lipinski definition) is 2. The molecule has 1 saturated heterocycles. The van der Waals surface area contributed by atoms with Gasteiger partial charge >= 0.3 is 0 Å². The van der Waals surface area contributed by atoms with Crippen LogP contribution in [-0.2, 0) is 14.0 Å². The summed E-state index contributed by atoms with van der Waals surface area (Å²) in [7, 11) is -1.75. The first-order valence-electron chi connectivity index (χ1n) is 9.58. The van der Waals surface area contributed by atoms with Gasteiger partial charge in [0.25, 0.3) is 0 Å². The summed E-state index contributed by atoms with van der Waals surface area (Å²) in [5.41, 5.74) is 1.80. The second kappa shape index (κ2) is 7.60. The van der Waals surface area contributed by atoms with Crippen LogP contribution in [0.3, 0.4) is 0 Å². The van der Waals surface area contributed by atoms with Crippen molar-refractivity contribution in [2.24, 2.45) is 0 Å². The first-order valence-corrected chi connectivity index (χ1v) is 13.5. The van der Waals surface area contributed by atoms with Gasteiger partial charge in [0.15, 0.2) is 8.32 Å². The zero-order valence-corrected chi connectivity index (χ0v) is 18.7. The Balaban J connectivity index is 1.60. The van der Waals surface area contributed by atoms with Crippen LogP contribution in [0.4, 0.5) is 5.69 Å². The molecule has 1 fully saturated rings. The highest BCUT2D eigenvalue weighted by molar-refractivity contribution is 8.00. The minimum atomic E-state index is -1.75. The van der Waals surface area contributed by atoms with E-state index in [1.807, 2.05) is 18.2 Å².